The molecule has 1 aliphatic carbocycles. The number of thioether (sulfide) groups is 1. The van der Waals surface area contributed by atoms with E-state index in [-0.39, 0.29) is 5.91 Å². The van der Waals surface area contributed by atoms with Gasteiger partial charge in [-0.05, 0) is 55.4 Å². The number of hydrogen-bond donors (Lipinski definition) is 2. The zero-order valence-electron chi connectivity index (χ0n) is 19.0. The Kier molecular flexibility index (Phi) is 9.02. The Morgan fingerprint density at radius 1 is 1.10 bits per heavy atom. The second kappa shape index (κ2) is 10.5. The molecule has 29 heavy (non-hydrogen) atoms. The Morgan fingerprint density at radius 3 is 2.17 bits per heavy atom. The second-order valence-corrected chi connectivity index (χ2v) is 8.12. The van der Waals surface area contributed by atoms with Gasteiger partial charge in [-0.1, -0.05) is 51.1 Å². The van der Waals surface area contributed by atoms with Crippen molar-refractivity contribution in [1.29, 1.82) is 0 Å². The zero-order chi connectivity index (χ0) is 22.5. The summed E-state index contributed by atoms with van der Waals surface area (Å²) in [7, 11) is 1.66. The minimum Gasteiger partial charge on any atom is -0.496 e. The molecule has 2 atom stereocenters. The second-order valence-electron chi connectivity index (χ2n) is 7.10. The smallest absolute Gasteiger partial charge is 0.246 e. The van der Waals surface area contributed by atoms with E-state index >= 15 is 0 Å². The van der Waals surface area contributed by atoms with Crippen molar-refractivity contribution in [1.82, 2.24) is 5.32 Å². The molecule has 1 aliphatic rings. The van der Waals surface area contributed by atoms with Crippen LogP contribution in [-0.2, 0) is 9.59 Å². The molecule has 0 spiro atoms. The van der Waals surface area contributed by atoms with E-state index in [0.29, 0.717) is 22.4 Å². The number of hydrogen-bond acceptors (Lipinski definition) is 4. The van der Waals surface area contributed by atoms with Gasteiger partial charge in [0.1, 0.15) is 5.75 Å². The SMILES string of the molecule is CC.COc1cc2c(cc1C)C(C)C(C)C(C)=C2S/C(NC(C)=O)=C(\C)C(N)=O. The number of benzene rings is 1. The van der Waals surface area contributed by atoms with Gasteiger partial charge in [0.15, 0.2) is 0 Å². The van der Waals surface area contributed by atoms with Crippen LogP contribution in [-0.4, -0.2) is 18.9 Å². The minimum absolute atomic E-state index is 0.240. The Balaban J connectivity index is 0.00000204. The van der Waals surface area contributed by atoms with Gasteiger partial charge in [0, 0.05) is 17.4 Å². The fraction of sp³-hybridized carbons (Fsp3) is 0.478. The van der Waals surface area contributed by atoms with Gasteiger partial charge >= 0.3 is 0 Å². The van der Waals surface area contributed by atoms with Crippen LogP contribution in [0.15, 0.2) is 28.3 Å². The number of rotatable bonds is 5. The predicted molar refractivity (Wildman–Crippen MR) is 123 cm³/mol. The van der Waals surface area contributed by atoms with E-state index < -0.39 is 5.91 Å². The van der Waals surface area contributed by atoms with Gasteiger partial charge in [0.25, 0.3) is 0 Å². The van der Waals surface area contributed by atoms with Crippen molar-refractivity contribution >= 4 is 28.5 Å². The molecule has 0 fully saturated rings. The number of nitrogens with two attached hydrogens (primary N) is 1. The van der Waals surface area contributed by atoms with Gasteiger partial charge in [-0.25, -0.2) is 0 Å². The van der Waals surface area contributed by atoms with Crippen LogP contribution in [0.4, 0.5) is 0 Å². The number of nitrogens with one attached hydrogen (secondary N) is 1. The number of allylic oxidation sites excluding steroid dienone is 1. The highest BCUT2D eigenvalue weighted by atomic mass is 32.2. The van der Waals surface area contributed by atoms with Crippen LogP contribution >= 0.6 is 11.8 Å². The van der Waals surface area contributed by atoms with Gasteiger partial charge in [0.2, 0.25) is 11.8 Å². The van der Waals surface area contributed by atoms with Crippen molar-refractivity contribution in [3.8, 4) is 5.75 Å². The third-order valence-electron chi connectivity index (χ3n) is 5.30. The van der Waals surface area contributed by atoms with Crippen LogP contribution in [0.1, 0.15) is 71.1 Å². The molecular formula is C23H34N2O3S. The number of ether oxygens (including phenoxy) is 1. The summed E-state index contributed by atoms with van der Waals surface area (Å²) < 4.78 is 5.52. The van der Waals surface area contributed by atoms with Crippen molar-refractivity contribution in [3.05, 3.63) is 45.0 Å². The lowest BCUT2D eigenvalue weighted by Gasteiger charge is -2.33. The molecule has 2 unspecified atom stereocenters. The number of fused-ring (bicyclic) bond motifs is 1. The highest BCUT2D eigenvalue weighted by Gasteiger charge is 2.30. The molecule has 5 nitrogen and oxygen atoms in total. The van der Waals surface area contributed by atoms with Gasteiger partial charge in [0.05, 0.1) is 12.1 Å². The zero-order valence-corrected chi connectivity index (χ0v) is 19.8. The third kappa shape index (κ3) is 5.44. The Morgan fingerprint density at radius 2 is 1.69 bits per heavy atom. The topological polar surface area (TPSA) is 81.4 Å². The van der Waals surface area contributed by atoms with E-state index in [1.807, 2.05) is 26.8 Å². The fourth-order valence-corrected chi connectivity index (χ4v) is 4.56. The summed E-state index contributed by atoms with van der Waals surface area (Å²) in [5.74, 6) is 0.719. The monoisotopic (exact) mass is 418 g/mol. The number of methoxy groups -OCH3 is 1. The van der Waals surface area contributed by atoms with Crippen molar-refractivity contribution in [2.75, 3.05) is 7.11 Å². The lowest BCUT2D eigenvalue weighted by Crippen LogP contribution is -2.24. The fourth-order valence-electron chi connectivity index (χ4n) is 3.27. The molecule has 0 aliphatic heterocycles. The van der Waals surface area contributed by atoms with Crippen molar-refractivity contribution < 1.29 is 14.3 Å². The number of amides is 2. The van der Waals surface area contributed by atoms with Gasteiger partial charge in [-0.15, -0.1) is 0 Å². The third-order valence-corrected chi connectivity index (χ3v) is 6.66. The average Bonchev–Trinajstić information content (AvgIpc) is 2.69. The summed E-state index contributed by atoms with van der Waals surface area (Å²) in [5, 5.41) is 3.23. The Bertz CT molecular complexity index is 856. The molecular weight excluding hydrogens is 384 g/mol. The van der Waals surface area contributed by atoms with E-state index in [1.54, 1.807) is 14.0 Å². The largest absolute Gasteiger partial charge is 0.496 e. The average molecular weight is 419 g/mol. The number of carbonyl (C=O) groups excluding carboxylic acids is 2. The van der Waals surface area contributed by atoms with Crippen LogP contribution in [0, 0.1) is 12.8 Å². The van der Waals surface area contributed by atoms with Crippen molar-refractivity contribution in [3.63, 3.8) is 0 Å². The summed E-state index contributed by atoms with van der Waals surface area (Å²) in [6.07, 6.45) is 0. The molecule has 160 valence electrons. The predicted octanol–water partition coefficient (Wildman–Crippen LogP) is 5.10. The summed E-state index contributed by atoms with van der Waals surface area (Å²) in [5.41, 5.74) is 10.4. The first-order valence-electron chi connectivity index (χ1n) is 9.94. The summed E-state index contributed by atoms with van der Waals surface area (Å²) >= 11 is 1.38. The maximum atomic E-state index is 11.7. The number of primary amides is 1. The lowest BCUT2D eigenvalue weighted by molar-refractivity contribution is -0.118. The van der Waals surface area contributed by atoms with Gasteiger partial charge in [-0.3, -0.25) is 9.59 Å². The number of carbonyl (C=O) groups is 2. The molecule has 0 radical (unpaired) electrons. The molecule has 0 aromatic heterocycles. The molecule has 0 saturated heterocycles. The molecule has 0 bridgehead atoms. The van der Waals surface area contributed by atoms with Crippen molar-refractivity contribution in [2.45, 2.75) is 61.3 Å². The maximum absolute atomic E-state index is 11.7. The normalized spacial score (nSPS) is 18.8. The standard InChI is InChI=1S/C21H28N2O3S.C2H6/c1-10-8-16-12(3)11(2)13(4)19(17(16)9-18(10)26-7)27-21(23-15(6)24)14(5)20(22)25;1-2/h8-9,11-12H,1-7H3,(H2,22,25)(H,23,24);1-2H3/b21-14+;. The van der Waals surface area contributed by atoms with Crippen LogP contribution in [0.25, 0.3) is 4.91 Å². The highest BCUT2D eigenvalue weighted by molar-refractivity contribution is 8.11. The van der Waals surface area contributed by atoms with E-state index in [2.05, 4.69) is 32.2 Å². The van der Waals surface area contributed by atoms with Crippen LogP contribution in [0.5, 0.6) is 5.75 Å². The minimum atomic E-state index is -0.552. The molecule has 1 aromatic rings. The Labute approximate surface area is 179 Å². The first-order valence-corrected chi connectivity index (χ1v) is 10.8. The summed E-state index contributed by atoms with van der Waals surface area (Å²) in [4.78, 5) is 24.4. The maximum Gasteiger partial charge on any atom is 0.246 e. The lowest BCUT2D eigenvalue weighted by atomic mass is 9.76. The highest BCUT2D eigenvalue weighted by Crippen LogP contribution is 2.49. The van der Waals surface area contributed by atoms with Crippen LogP contribution < -0.4 is 15.8 Å². The van der Waals surface area contributed by atoms with Crippen molar-refractivity contribution in [2.24, 2.45) is 11.7 Å². The van der Waals surface area contributed by atoms with E-state index in [4.69, 9.17) is 10.5 Å². The summed E-state index contributed by atoms with van der Waals surface area (Å²) in [6, 6.07) is 4.22. The molecule has 2 rings (SSSR count). The summed E-state index contributed by atoms with van der Waals surface area (Å²) in [6.45, 7) is 15.6. The molecule has 0 saturated carbocycles. The van der Waals surface area contributed by atoms with Crippen LogP contribution in [0.3, 0.4) is 0 Å². The Hall–Kier alpha value is -2.21. The first-order chi connectivity index (χ1) is 13.6. The first kappa shape index (κ1) is 24.8. The van der Waals surface area contributed by atoms with E-state index in [1.165, 1.54) is 29.8 Å². The molecule has 0 heterocycles. The quantitative estimate of drug-likeness (QED) is 0.652. The van der Waals surface area contributed by atoms with Crippen LogP contribution in [0.2, 0.25) is 0 Å². The number of aryl methyl sites for hydroxylation is 1. The molecule has 2 amide bonds. The van der Waals surface area contributed by atoms with Gasteiger partial charge in [-0.2, -0.15) is 0 Å². The molecule has 3 N–H and O–H groups in total. The molecule has 1 aromatic carbocycles. The van der Waals surface area contributed by atoms with E-state index in [9.17, 15) is 9.59 Å². The molecule has 6 heteroatoms. The van der Waals surface area contributed by atoms with E-state index in [0.717, 1.165) is 21.8 Å². The van der Waals surface area contributed by atoms with Gasteiger partial charge < -0.3 is 15.8 Å².